The van der Waals surface area contributed by atoms with Gasteiger partial charge in [0.05, 0.1) is 16.7 Å². The average Bonchev–Trinajstić information content (AvgIpc) is 2.30. The van der Waals surface area contributed by atoms with Crippen LogP contribution in [0.3, 0.4) is 0 Å². The van der Waals surface area contributed by atoms with E-state index in [-0.39, 0.29) is 13.0 Å². The van der Waals surface area contributed by atoms with Crippen molar-refractivity contribution >= 4 is 5.69 Å². The van der Waals surface area contributed by atoms with E-state index in [2.05, 4.69) is 0 Å². The molecule has 0 aliphatic rings. The van der Waals surface area contributed by atoms with Gasteiger partial charge in [0.15, 0.2) is 0 Å². The van der Waals surface area contributed by atoms with Gasteiger partial charge in [0.25, 0.3) is 0 Å². The van der Waals surface area contributed by atoms with Crippen LogP contribution in [0.1, 0.15) is 33.6 Å². The number of hydrogen-bond donors (Lipinski definition) is 1. The molecule has 0 amide bonds. The van der Waals surface area contributed by atoms with Crippen LogP contribution in [0.5, 0.6) is 0 Å². The second kappa shape index (κ2) is 6.00. The quantitative estimate of drug-likeness (QED) is 0.604. The van der Waals surface area contributed by atoms with Crippen LogP contribution in [0, 0.1) is 10.1 Å². The molecule has 8 heteroatoms. The summed E-state index contributed by atoms with van der Waals surface area (Å²) in [7, 11) is 0. The van der Waals surface area contributed by atoms with Crippen molar-refractivity contribution in [2.75, 3.05) is 0 Å². The van der Waals surface area contributed by atoms with Gasteiger partial charge in [-0.2, -0.15) is 0 Å². The summed E-state index contributed by atoms with van der Waals surface area (Å²) in [6.07, 6.45) is 1.74. The summed E-state index contributed by atoms with van der Waals surface area (Å²) in [5, 5.41) is 20.5. The highest BCUT2D eigenvalue weighted by atomic mass is 16.6. The van der Waals surface area contributed by atoms with Crippen LogP contribution < -0.4 is 11.2 Å². The Morgan fingerprint density at radius 2 is 1.95 bits per heavy atom. The minimum absolute atomic E-state index is 0.0629. The van der Waals surface area contributed by atoms with E-state index >= 15 is 0 Å². The van der Waals surface area contributed by atoms with E-state index in [9.17, 15) is 24.8 Å². The minimum atomic E-state index is -1.06. The Bertz CT molecular complexity index is 609. The Hall–Kier alpha value is -1.96. The molecule has 20 heavy (non-hydrogen) atoms. The molecule has 0 aliphatic heterocycles. The first kappa shape index (κ1) is 16.1. The monoisotopic (exact) mass is 285 g/mol. The van der Waals surface area contributed by atoms with Crippen LogP contribution in [-0.2, 0) is 13.1 Å². The number of hydrogen-bond acceptors (Lipinski definition) is 5. The van der Waals surface area contributed by atoms with E-state index in [1.807, 2.05) is 6.92 Å². The first-order chi connectivity index (χ1) is 9.17. The van der Waals surface area contributed by atoms with Crippen molar-refractivity contribution in [3.05, 3.63) is 37.1 Å². The van der Waals surface area contributed by atoms with Gasteiger partial charge in [-0.1, -0.05) is 6.92 Å². The standard InChI is InChI=1S/C12H19N3O5/c1-4-6-13-8-9(15(19)20)10(16)14(11(13)17)7-5-12(2,3)18/h8,18H,4-7H2,1-3H3. The SMILES string of the molecule is CCCn1cc([N+](=O)[O-])c(=O)n(CCC(C)(C)O)c1=O. The van der Waals surface area contributed by atoms with E-state index in [1.54, 1.807) is 13.8 Å². The molecular weight excluding hydrogens is 266 g/mol. The highest BCUT2D eigenvalue weighted by molar-refractivity contribution is 5.21. The molecule has 0 spiro atoms. The third-order valence-electron chi connectivity index (χ3n) is 2.83. The first-order valence-corrected chi connectivity index (χ1v) is 6.38. The molecule has 0 fully saturated rings. The number of aliphatic hydroxyl groups is 1. The van der Waals surface area contributed by atoms with Gasteiger partial charge in [-0.3, -0.25) is 24.0 Å². The lowest BCUT2D eigenvalue weighted by atomic mass is 10.1. The third-order valence-corrected chi connectivity index (χ3v) is 2.83. The lowest BCUT2D eigenvalue weighted by Gasteiger charge is -2.17. The maximum Gasteiger partial charge on any atom is 0.350 e. The van der Waals surface area contributed by atoms with Gasteiger partial charge < -0.3 is 5.11 Å². The van der Waals surface area contributed by atoms with Gasteiger partial charge in [-0.05, 0) is 26.7 Å². The molecule has 1 N–H and O–H groups in total. The maximum absolute atomic E-state index is 12.1. The largest absolute Gasteiger partial charge is 0.390 e. The number of aryl methyl sites for hydroxylation is 1. The van der Waals surface area contributed by atoms with Crippen LogP contribution in [0.4, 0.5) is 5.69 Å². The molecule has 0 radical (unpaired) electrons. The second-order valence-electron chi connectivity index (χ2n) is 5.27. The van der Waals surface area contributed by atoms with Gasteiger partial charge in [-0.25, -0.2) is 4.79 Å². The van der Waals surface area contributed by atoms with Crippen LogP contribution >= 0.6 is 0 Å². The molecule has 8 nitrogen and oxygen atoms in total. The predicted molar refractivity (Wildman–Crippen MR) is 72.8 cm³/mol. The first-order valence-electron chi connectivity index (χ1n) is 6.38. The second-order valence-corrected chi connectivity index (χ2v) is 5.27. The van der Waals surface area contributed by atoms with Crippen molar-refractivity contribution < 1.29 is 10.0 Å². The zero-order valence-electron chi connectivity index (χ0n) is 11.8. The van der Waals surface area contributed by atoms with Gasteiger partial charge in [-0.15, -0.1) is 0 Å². The van der Waals surface area contributed by atoms with Crippen LogP contribution in [0.25, 0.3) is 0 Å². The van der Waals surface area contributed by atoms with E-state index in [4.69, 9.17) is 0 Å². The Morgan fingerprint density at radius 1 is 1.35 bits per heavy atom. The molecule has 0 atom stereocenters. The predicted octanol–water partition coefficient (Wildman–Crippen LogP) is 0.489. The van der Waals surface area contributed by atoms with Crippen molar-refractivity contribution in [2.45, 2.75) is 52.3 Å². The van der Waals surface area contributed by atoms with Crippen molar-refractivity contribution in [3.8, 4) is 0 Å². The fourth-order valence-corrected chi connectivity index (χ4v) is 1.75. The van der Waals surface area contributed by atoms with Gasteiger partial charge in [0.1, 0.15) is 0 Å². The molecule has 1 rings (SSSR count). The fourth-order valence-electron chi connectivity index (χ4n) is 1.75. The van der Waals surface area contributed by atoms with Gasteiger partial charge >= 0.3 is 16.9 Å². The number of nitro groups is 1. The maximum atomic E-state index is 12.1. The van der Waals surface area contributed by atoms with Crippen molar-refractivity contribution in [3.63, 3.8) is 0 Å². The van der Waals surface area contributed by atoms with E-state index < -0.39 is 27.5 Å². The molecule has 0 saturated carbocycles. The van der Waals surface area contributed by atoms with Crippen molar-refractivity contribution in [1.29, 1.82) is 0 Å². The topological polar surface area (TPSA) is 107 Å². The summed E-state index contributed by atoms with van der Waals surface area (Å²) in [5.74, 6) is 0. The zero-order chi connectivity index (χ0) is 15.5. The van der Waals surface area contributed by atoms with Gasteiger partial charge in [0.2, 0.25) is 0 Å². The molecule has 0 unspecified atom stereocenters. The van der Waals surface area contributed by atoms with Crippen molar-refractivity contribution in [2.24, 2.45) is 0 Å². The average molecular weight is 285 g/mol. The fraction of sp³-hybridized carbons (Fsp3) is 0.667. The van der Waals surface area contributed by atoms with Crippen LogP contribution in [0.2, 0.25) is 0 Å². The third kappa shape index (κ3) is 3.77. The van der Waals surface area contributed by atoms with Crippen LogP contribution in [-0.4, -0.2) is 24.8 Å². The summed E-state index contributed by atoms with van der Waals surface area (Å²) < 4.78 is 1.97. The Labute approximate surface area is 115 Å². The normalized spacial score (nSPS) is 11.6. The summed E-state index contributed by atoms with van der Waals surface area (Å²) in [6, 6.07) is 0. The number of rotatable bonds is 6. The van der Waals surface area contributed by atoms with Crippen molar-refractivity contribution in [1.82, 2.24) is 9.13 Å². The van der Waals surface area contributed by atoms with E-state index in [0.717, 1.165) is 15.3 Å². The lowest BCUT2D eigenvalue weighted by Crippen LogP contribution is -2.41. The molecule has 0 aliphatic carbocycles. The minimum Gasteiger partial charge on any atom is -0.390 e. The Balaban J connectivity index is 3.36. The van der Waals surface area contributed by atoms with E-state index in [0.29, 0.717) is 13.0 Å². The molecule has 1 aromatic rings. The smallest absolute Gasteiger partial charge is 0.350 e. The molecule has 1 aromatic heterocycles. The summed E-state index contributed by atoms with van der Waals surface area (Å²) >= 11 is 0. The highest BCUT2D eigenvalue weighted by Gasteiger charge is 2.21. The summed E-state index contributed by atoms with van der Waals surface area (Å²) in [4.78, 5) is 34.1. The van der Waals surface area contributed by atoms with E-state index in [1.165, 1.54) is 0 Å². The van der Waals surface area contributed by atoms with Crippen LogP contribution in [0.15, 0.2) is 15.8 Å². The van der Waals surface area contributed by atoms with Gasteiger partial charge in [0, 0.05) is 13.1 Å². The number of nitrogens with zero attached hydrogens (tertiary/aromatic N) is 3. The molecule has 1 heterocycles. The number of aromatic nitrogens is 2. The Morgan fingerprint density at radius 3 is 2.40 bits per heavy atom. The molecule has 0 aromatic carbocycles. The summed E-state index contributed by atoms with van der Waals surface area (Å²) in [6.45, 7) is 5.14. The lowest BCUT2D eigenvalue weighted by molar-refractivity contribution is -0.387. The zero-order valence-corrected chi connectivity index (χ0v) is 11.8. The molecule has 0 saturated heterocycles. The molecular formula is C12H19N3O5. The summed E-state index contributed by atoms with van der Waals surface area (Å²) in [5.41, 5.74) is -3.22. The highest BCUT2D eigenvalue weighted by Crippen LogP contribution is 2.08. The molecule has 0 bridgehead atoms. The molecule has 112 valence electrons. The Kier molecular flexibility index (Phi) is 4.83.